The number of fused-ring (bicyclic) bond motifs is 2. The summed E-state index contributed by atoms with van der Waals surface area (Å²) in [7, 11) is -0.943. The van der Waals surface area contributed by atoms with Crippen LogP contribution in [0, 0.1) is 5.92 Å². The highest BCUT2D eigenvalue weighted by molar-refractivity contribution is 6.91. The minimum atomic E-state index is -2.59. The lowest BCUT2D eigenvalue weighted by Crippen LogP contribution is -2.52. The minimum Gasteiger partial charge on any atom is -0.497 e. The van der Waals surface area contributed by atoms with E-state index in [-0.39, 0.29) is 48.8 Å². The molecule has 3 amide bonds. The van der Waals surface area contributed by atoms with E-state index in [1.54, 1.807) is 41.2 Å². The zero-order valence-corrected chi connectivity index (χ0v) is 37.0. The third kappa shape index (κ3) is 9.28. The number of aliphatic hydroxyl groups excluding tert-OH is 1. The molecule has 0 aliphatic carbocycles. The van der Waals surface area contributed by atoms with Crippen LogP contribution in [-0.4, -0.2) is 68.7 Å². The van der Waals surface area contributed by atoms with Gasteiger partial charge in [0.2, 0.25) is 5.91 Å². The van der Waals surface area contributed by atoms with Crippen LogP contribution >= 0.6 is 0 Å². The third-order valence-electron chi connectivity index (χ3n) is 12.3. The number of carbonyl (C=O) groups excluding carboxylic acids is 3. The van der Waals surface area contributed by atoms with E-state index < -0.39 is 19.8 Å². The topological polar surface area (TPSA) is 134 Å². The van der Waals surface area contributed by atoms with Crippen molar-refractivity contribution in [3.8, 4) is 5.75 Å². The summed E-state index contributed by atoms with van der Waals surface area (Å²) >= 11 is 0. The van der Waals surface area contributed by atoms with Crippen molar-refractivity contribution in [1.29, 1.82) is 0 Å². The first kappa shape index (κ1) is 44.1. The Morgan fingerprint density at radius 3 is 2.33 bits per heavy atom. The summed E-state index contributed by atoms with van der Waals surface area (Å²) in [5.41, 5.74) is 10.6. The molecule has 60 heavy (non-hydrogen) atoms. The maximum absolute atomic E-state index is 15.4. The number of allylic oxidation sites excluding steroid dienone is 3. The Morgan fingerprint density at radius 1 is 0.983 bits per heavy atom. The average Bonchev–Trinajstić information content (AvgIpc) is 3.65. The van der Waals surface area contributed by atoms with Crippen LogP contribution in [0.25, 0.3) is 0 Å². The normalized spacial score (nSPS) is 19.9. The molecule has 4 aromatic rings. The maximum atomic E-state index is 15.4. The number of nitrogens with zero attached hydrogens (tertiary/aromatic N) is 2. The predicted molar refractivity (Wildman–Crippen MR) is 243 cm³/mol. The number of rotatable bonds is 16. The number of amides is 3. The molecular formula is C49H60N4O6Si. The number of hydrogen-bond donors (Lipinski definition) is 3. The summed E-state index contributed by atoms with van der Waals surface area (Å²) in [5, 5.41) is 14.3. The zero-order valence-electron chi connectivity index (χ0n) is 36.0. The van der Waals surface area contributed by atoms with Crippen LogP contribution in [0.3, 0.4) is 0 Å². The quantitative estimate of drug-likeness (QED) is 0.0589. The number of ether oxygens (including phenoxy) is 2. The molecule has 2 aliphatic heterocycles. The van der Waals surface area contributed by atoms with Crippen LogP contribution in [-0.2, 0) is 26.5 Å². The first-order chi connectivity index (χ1) is 28.7. The molecule has 4 N–H and O–H groups in total. The monoisotopic (exact) mass is 828 g/mol. The fraction of sp³-hybridized carbons (Fsp3) is 0.367. The molecule has 4 atom stereocenters. The van der Waals surface area contributed by atoms with Gasteiger partial charge < -0.3 is 35.4 Å². The Kier molecular flexibility index (Phi) is 13.8. The van der Waals surface area contributed by atoms with Gasteiger partial charge in [-0.15, -0.1) is 0 Å². The fourth-order valence-electron chi connectivity index (χ4n) is 9.07. The number of nitrogens with one attached hydrogen (secondary N) is 1. The van der Waals surface area contributed by atoms with Gasteiger partial charge in [0.15, 0.2) is 5.60 Å². The van der Waals surface area contributed by atoms with E-state index in [0.29, 0.717) is 41.3 Å². The molecule has 1 saturated heterocycles. The molecule has 6 rings (SSSR count). The second-order valence-corrected chi connectivity index (χ2v) is 21.7. The van der Waals surface area contributed by atoms with Crippen LogP contribution in [0.1, 0.15) is 68.4 Å². The van der Waals surface area contributed by atoms with Gasteiger partial charge in [0.1, 0.15) is 5.75 Å². The van der Waals surface area contributed by atoms with E-state index in [1.807, 2.05) is 60.7 Å². The van der Waals surface area contributed by atoms with E-state index in [2.05, 4.69) is 70.4 Å². The third-order valence-corrected chi connectivity index (χ3v) is 16.7. The summed E-state index contributed by atoms with van der Waals surface area (Å²) < 4.78 is 12.8. The van der Waals surface area contributed by atoms with Gasteiger partial charge in [-0.2, -0.15) is 0 Å². The molecule has 0 radical (unpaired) electrons. The predicted octanol–water partition coefficient (Wildman–Crippen LogP) is 8.20. The van der Waals surface area contributed by atoms with Gasteiger partial charge in [-0.25, -0.2) is 0 Å². The summed E-state index contributed by atoms with van der Waals surface area (Å²) in [4.78, 5) is 46.9. The number of methoxy groups -OCH3 is 1. The number of aliphatic hydroxyl groups is 1. The Hall–Kier alpha value is -5.49. The number of hydrogen-bond acceptors (Lipinski definition) is 7. The summed E-state index contributed by atoms with van der Waals surface area (Å²) in [5.74, 6) is -0.278. The Bertz CT molecular complexity index is 2220. The van der Waals surface area contributed by atoms with Crippen LogP contribution in [0.4, 0.5) is 17.1 Å². The summed E-state index contributed by atoms with van der Waals surface area (Å²) in [6, 6.07) is 30.2. The summed E-state index contributed by atoms with van der Waals surface area (Å²) in [6.45, 7) is 13.6. The number of nitrogens with two attached hydrogens (primary N) is 1. The highest BCUT2D eigenvalue weighted by Gasteiger charge is 2.66. The van der Waals surface area contributed by atoms with Crippen LogP contribution in [0.15, 0.2) is 120 Å². The molecule has 10 nitrogen and oxygen atoms in total. The van der Waals surface area contributed by atoms with Crippen molar-refractivity contribution in [2.75, 3.05) is 42.8 Å². The highest BCUT2D eigenvalue weighted by Crippen LogP contribution is 2.60. The lowest BCUT2D eigenvalue weighted by Gasteiger charge is -2.37. The van der Waals surface area contributed by atoms with Gasteiger partial charge in [-0.1, -0.05) is 91.0 Å². The molecular weight excluding hydrogens is 769 g/mol. The molecule has 1 fully saturated rings. The molecule has 2 aliphatic rings. The number of carbonyl (C=O) groups is 3. The van der Waals surface area contributed by atoms with E-state index in [4.69, 9.17) is 15.2 Å². The van der Waals surface area contributed by atoms with Crippen molar-refractivity contribution in [2.45, 2.75) is 83.8 Å². The van der Waals surface area contributed by atoms with Crippen molar-refractivity contribution < 1.29 is 29.0 Å². The summed E-state index contributed by atoms with van der Waals surface area (Å²) in [6.07, 6.45) is 5.50. The molecule has 11 heteroatoms. The Balaban J connectivity index is 1.44. The first-order valence-corrected chi connectivity index (χ1v) is 23.9. The first-order valence-electron chi connectivity index (χ1n) is 20.9. The molecule has 0 unspecified atom stereocenters. The zero-order chi connectivity index (χ0) is 43.2. The highest BCUT2D eigenvalue weighted by atomic mass is 28.3. The SMILES string of the molecule is COc1ccc([Si](C)(C)[C@H]2[C@H](CC(=O)N(CCO)Cc3ccccc3)O[C@@]3(C(=O)N(C/C=C(\C)CCC=C(C)C)c4ccc(NC(=O)c5ccc(N)cc5)cc43)[C@@H]2C)cc1. The van der Waals surface area contributed by atoms with E-state index in [9.17, 15) is 14.7 Å². The maximum Gasteiger partial charge on any atom is 0.264 e. The largest absolute Gasteiger partial charge is 0.497 e. The smallest absolute Gasteiger partial charge is 0.264 e. The van der Waals surface area contributed by atoms with Crippen molar-refractivity contribution in [1.82, 2.24) is 4.90 Å². The van der Waals surface area contributed by atoms with E-state index in [1.165, 1.54) is 11.1 Å². The van der Waals surface area contributed by atoms with Crippen LogP contribution in [0.2, 0.25) is 18.6 Å². The Labute approximate surface area is 356 Å². The van der Waals surface area contributed by atoms with Gasteiger partial charge >= 0.3 is 0 Å². The lowest BCUT2D eigenvalue weighted by molar-refractivity contribution is -0.149. The van der Waals surface area contributed by atoms with Gasteiger partial charge in [-0.3, -0.25) is 14.4 Å². The number of anilines is 3. The molecule has 0 saturated carbocycles. The second-order valence-electron chi connectivity index (χ2n) is 17.0. The Morgan fingerprint density at radius 2 is 1.68 bits per heavy atom. The van der Waals surface area contributed by atoms with E-state index >= 15 is 4.79 Å². The van der Waals surface area contributed by atoms with Crippen molar-refractivity contribution in [3.63, 3.8) is 0 Å². The average molecular weight is 829 g/mol. The molecule has 2 heterocycles. The van der Waals surface area contributed by atoms with Crippen molar-refractivity contribution in [2.24, 2.45) is 5.92 Å². The molecule has 0 aromatic heterocycles. The molecule has 4 aromatic carbocycles. The van der Waals surface area contributed by atoms with Crippen LogP contribution < -0.4 is 25.9 Å². The van der Waals surface area contributed by atoms with Gasteiger partial charge in [-0.05, 0) is 99.3 Å². The van der Waals surface area contributed by atoms with Crippen LogP contribution in [0.5, 0.6) is 5.75 Å². The molecule has 1 spiro atoms. The van der Waals surface area contributed by atoms with Crippen molar-refractivity contribution >= 4 is 48.0 Å². The minimum absolute atomic E-state index is 0.0235. The van der Waals surface area contributed by atoms with Gasteiger partial charge in [0.05, 0.1) is 40.0 Å². The van der Waals surface area contributed by atoms with Gasteiger partial charge in [0, 0.05) is 48.1 Å². The second kappa shape index (κ2) is 18.8. The van der Waals surface area contributed by atoms with E-state index in [0.717, 1.165) is 29.3 Å². The van der Waals surface area contributed by atoms with Gasteiger partial charge in [0.25, 0.3) is 11.8 Å². The number of nitrogen functional groups attached to an aromatic ring is 1. The molecule has 0 bridgehead atoms. The molecule has 316 valence electrons. The van der Waals surface area contributed by atoms with Crippen molar-refractivity contribution in [3.05, 3.63) is 137 Å². The lowest BCUT2D eigenvalue weighted by atomic mass is 9.82. The standard InChI is InChI=1S/C49H60N4O6Si/c1-33(2)12-11-13-34(3)26-27-53-43-25-20-39(51-47(56)37-16-18-38(50)19-17-37)30-42(43)49(48(53)57)35(4)46(60(6,7)41-23-21-40(58-5)22-24-41)44(59-49)31-45(55)52(28-29-54)32-36-14-9-8-10-15-36/h8-10,12,14-26,30,35,44,46,54H,11,13,27-29,31-32,50H2,1-7H3,(H,51,56)/b34-26+/t35-,44+,46-,49+/m1/s1. The number of benzene rings is 4. The fourth-order valence-corrected chi connectivity index (χ4v) is 13.1.